The molecule has 4 rings (SSSR count). The van der Waals surface area contributed by atoms with Gasteiger partial charge in [-0.3, -0.25) is 9.20 Å². The van der Waals surface area contributed by atoms with E-state index in [0.717, 1.165) is 5.69 Å². The van der Waals surface area contributed by atoms with E-state index >= 15 is 0 Å². The van der Waals surface area contributed by atoms with Gasteiger partial charge in [0.25, 0.3) is 15.9 Å². The number of aryl methyl sites for hydroxylation is 3. The van der Waals surface area contributed by atoms with E-state index in [9.17, 15) is 13.2 Å². The minimum Gasteiger partial charge on any atom is -0.337 e. The van der Waals surface area contributed by atoms with Crippen LogP contribution in [0.25, 0.3) is 4.96 Å². The number of nitrogens with zero attached hydrogens (tertiary/aromatic N) is 4. The van der Waals surface area contributed by atoms with Crippen LogP contribution in [0.3, 0.4) is 0 Å². The van der Waals surface area contributed by atoms with E-state index in [4.69, 9.17) is 4.52 Å². The lowest BCUT2D eigenvalue weighted by molar-refractivity contribution is 0.102. The van der Waals surface area contributed by atoms with Gasteiger partial charge in [0.2, 0.25) is 10.8 Å². The Balaban J connectivity index is 1.52. The van der Waals surface area contributed by atoms with Gasteiger partial charge in [-0.25, -0.2) is 13.1 Å². The van der Waals surface area contributed by atoms with Crippen molar-refractivity contribution in [2.45, 2.75) is 32.6 Å². The summed E-state index contributed by atoms with van der Waals surface area (Å²) in [6, 6.07) is 5.84. The molecule has 1 aromatic carbocycles. The second-order valence-corrected chi connectivity index (χ2v) is 9.35. The van der Waals surface area contributed by atoms with E-state index < -0.39 is 10.0 Å². The maximum atomic E-state index is 12.7. The molecule has 30 heavy (non-hydrogen) atoms. The summed E-state index contributed by atoms with van der Waals surface area (Å²) >= 11 is 1.24. The highest BCUT2D eigenvalue weighted by Gasteiger charge is 2.21. The van der Waals surface area contributed by atoms with Gasteiger partial charge < -0.3 is 9.84 Å². The van der Waals surface area contributed by atoms with Crippen molar-refractivity contribution in [2.75, 3.05) is 10.0 Å². The van der Waals surface area contributed by atoms with Crippen molar-refractivity contribution in [1.82, 2.24) is 19.8 Å². The van der Waals surface area contributed by atoms with E-state index in [1.165, 1.54) is 35.6 Å². The van der Waals surface area contributed by atoms with Crippen LogP contribution in [0.4, 0.5) is 11.6 Å². The molecule has 0 unspecified atom stereocenters. The molecule has 12 heteroatoms. The van der Waals surface area contributed by atoms with Gasteiger partial charge in [-0.1, -0.05) is 16.5 Å². The van der Waals surface area contributed by atoms with Gasteiger partial charge in [-0.2, -0.15) is 0 Å². The molecule has 0 aliphatic heterocycles. The lowest BCUT2D eigenvalue weighted by Gasteiger charge is -2.08. The molecule has 1 amide bonds. The molecular weight excluding hydrogens is 428 g/mol. The molecule has 2 N–H and O–H groups in total. The number of carbonyl (C=O) groups excluding carboxylic acids is 1. The molecule has 10 nitrogen and oxygen atoms in total. The lowest BCUT2D eigenvalue weighted by atomic mass is 10.3. The average molecular weight is 447 g/mol. The van der Waals surface area contributed by atoms with Crippen molar-refractivity contribution in [3.8, 4) is 0 Å². The second-order valence-electron chi connectivity index (χ2n) is 6.69. The Morgan fingerprint density at radius 1 is 1.10 bits per heavy atom. The van der Waals surface area contributed by atoms with Gasteiger partial charge >= 0.3 is 0 Å². The maximum Gasteiger partial charge on any atom is 0.267 e. The van der Waals surface area contributed by atoms with Crippen LogP contribution in [-0.4, -0.2) is 34.1 Å². The summed E-state index contributed by atoms with van der Waals surface area (Å²) in [6.45, 7) is 7.07. The minimum atomic E-state index is -3.85. The Hall–Kier alpha value is -3.25. The third-order valence-corrected chi connectivity index (χ3v) is 7.14. The number of hydrogen-bond donors (Lipinski definition) is 2. The largest absolute Gasteiger partial charge is 0.337 e. The summed E-state index contributed by atoms with van der Waals surface area (Å²) in [6.07, 6.45) is 0. The molecule has 3 heterocycles. The zero-order valence-corrected chi connectivity index (χ0v) is 18.2. The number of amides is 1. The standard InChI is InChI=1S/C18H18N6O4S2/c1-9-10(2)22-28-17(9)23-30(26,27)14-7-5-13(6-8-14)19-16(25)15-11(3)24-12(4)20-21-18(24)29-15/h5-8,23H,1-4H3,(H,19,25). The third-order valence-electron chi connectivity index (χ3n) is 4.67. The summed E-state index contributed by atoms with van der Waals surface area (Å²) in [5.74, 6) is 0.480. The SMILES string of the molecule is Cc1noc(NS(=O)(=O)c2ccc(NC(=O)c3sc4nnc(C)n4c3C)cc2)c1C. The number of hydrogen-bond acceptors (Lipinski definition) is 8. The molecule has 0 atom stereocenters. The number of benzene rings is 1. The number of carbonyl (C=O) groups is 1. The molecule has 0 spiro atoms. The van der Waals surface area contributed by atoms with E-state index in [0.29, 0.717) is 32.6 Å². The first-order chi connectivity index (χ1) is 14.2. The highest BCUT2D eigenvalue weighted by atomic mass is 32.2. The summed E-state index contributed by atoms with van der Waals surface area (Å²) < 4.78 is 34.3. The number of rotatable bonds is 5. The number of anilines is 2. The molecule has 0 saturated heterocycles. The van der Waals surface area contributed by atoms with Crippen LogP contribution in [0.2, 0.25) is 0 Å². The maximum absolute atomic E-state index is 12.7. The van der Waals surface area contributed by atoms with Gasteiger partial charge in [0, 0.05) is 16.9 Å². The summed E-state index contributed by atoms with van der Waals surface area (Å²) in [4.78, 5) is 13.8. The van der Waals surface area contributed by atoms with Gasteiger partial charge in [0.15, 0.2) is 0 Å². The predicted molar refractivity (Wildman–Crippen MR) is 112 cm³/mol. The zero-order valence-electron chi connectivity index (χ0n) is 16.5. The van der Waals surface area contributed by atoms with Crippen molar-refractivity contribution >= 4 is 43.8 Å². The highest BCUT2D eigenvalue weighted by molar-refractivity contribution is 7.92. The molecule has 3 aromatic heterocycles. The van der Waals surface area contributed by atoms with Crippen LogP contribution in [0.5, 0.6) is 0 Å². The monoisotopic (exact) mass is 446 g/mol. The molecule has 0 aliphatic rings. The molecule has 0 bridgehead atoms. The molecule has 156 valence electrons. The number of fused-ring (bicyclic) bond motifs is 1. The van der Waals surface area contributed by atoms with Crippen molar-refractivity contribution in [3.05, 3.63) is 51.9 Å². The van der Waals surface area contributed by atoms with Crippen LogP contribution in [0.15, 0.2) is 33.7 Å². The second kappa shape index (κ2) is 7.22. The van der Waals surface area contributed by atoms with Crippen molar-refractivity contribution < 1.29 is 17.7 Å². The van der Waals surface area contributed by atoms with E-state index in [1.807, 2.05) is 18.2 Å². The third kappa shape index (κ3) is 3.44. The molecule has 0 fully saturated rings. The van der Waals surface area contributed by atoms with Gasteiger partial charge in [-0.05, 0) is 52.0 Å². The Labute approximate surface area is 176 Å². The highest BCUT2D eigenvalue weighted by Crippen LogP contribution is 2.25. The van der Waals surface area contributed by atoms with Gasteiger partial charge in [0.1, 0.15) is 10.7 Å². The summed E-state index contributed by atoms with van der Waals surface area (Å²) in [5, 5.41) is 14.5. The Morgan fingerprint density at radius 3 is 2.40 bits per heavy atom. The molecule has 4 aromatic rings. The van der Waals surface area contributed by atoms with E-state index in [1.54, 1.807) is 13.8 Å². The van der Waals surface area contributed by atoms with Crippen LogP contribution < -0.4 is 10.0 Å². The Kier molecular flexibility index (Phi) is 4.82. The summed E-state index contributed by atoms with van der Waals surface area (Å²) in [5.41, 5.74) is 2.43. The first-order valence-corrected chi connectivity index (χ1v) is 11.2. The normalized spacial score (nSPS) is 11.7. The number of nitrogens with one attached hydrogen (secondary N) is 2. The average Bonchev–Trinajstić information content (AvgIpc) is 3.33. The minimum absolute atomic E-state index is 0.0291. The van der Waals surface area contributed by atoms with Crippen molar-refractivity contribution in [1.29, 1.82) is 0 Å². The van der Waals surface area contributed by atoms with Crippen LogP contribution in [0, 0.1) is 27.7 Å². The fourth-order valence-electron chi connectivity index (χ4n) is 2.87. The lowest BCUT2D eigenvalue weighted by Crippen LogP contribution is -2.14. The van der Waals surface area contributed by atoms with Gasteiger partial charge in [0.05, 0.1) is 10.6 Å². The first kappa shape index (κ1) is 20.0. The molecular formula is C18H18N6O4S2. The fourth-order valence-corrected chi connectivity index (χ4v) is 4.92. The van der Waals surface area contributed by atoms with Crippen LogP contribution in [0.1, 0.15) is 32.4 Å². The Morgan fingerprint density at radius 2 is 1.80 bits per heavy atom. The smallest absolute Gasteiger partial charge is 0.267 e. The number of thiazole rings is 1. The first-order valence-electron chi connectivity index (χ1n) is 8.85. The predicted octanol–water partition coefficient (Wildman–Crippen LogP) is 3.07. The molecule has 0 radical (unpaired) electrons. The van der Waals surface area contributed by atoms with Crippen LogP contribution in [-0.2, 0) is 10.0 Å². The fraction of sp³-hybridized carbons (Fsp3) is 0.222. The van der Waals surface area contributed by atoms with E-state index in [-0.39, 0.29) is 16.7 Å². The zero-order chi connectivity index (χ0) is 21.6. The Bertz CT molecular complexity index is 1370. The van der Waals surface area contributed by atoms with Crippen molar-refractivity contribution in [3.63, 3.8) is 0 Å². The molecule has 0 aliphatic carbocycles. The number of aromatic nitrogens is 4. The van der Waals surface area contributed by atoms with Crippen molar-refractivity contribution in [2.24, 2.45) is 0 Å². The quantitative estimate of drug-likeness (QED) is 0.481. The van der Waals surface area contributed by atoms with E-state index in [2.05, 4.69) is 25.4 Å². The molecule has 0 saturated carbocycles. The summed E-state index contributed by atoms with van der Waals surface area (Å²) in [7, 11) is -3.85. The topological polar surface area (TPSA) is 131 Å². The van der Waals surface area contributed by atoms with Gasteiger partial charge in [-0.15, -0.1) is 10.2 Å². The van der Waals surface area contributed by atoms with Crippen LogP contribution >= 0.6 is 11.3 Å². The number of sulfonamides is 1.